The van der Waals surface area contributed by atoms with Gasteiger partial charge in [0.1, 0.15) is 22.3 Å². The molecule has 0 aliphatic heterocycles. The van der Waals surface area contributed by atoms with Crippen molar-refractivity contribution in [3.63, 3.8) is 0 Å². The molecule has 0 bridgehead atoms. The summed E-state index contributed by atoms with van der Waals surface area (Å²) in [7, 11) is 0. The van der Waals surface area contributed by atoms with Gasteiger partial charge >= 0.3 is 0 Å². The first-order valence-electron chi connectivity index (χ1n) is 19.7. The maximum Gasteiger partial charge on any atom is 0.136 e. The summed E-state index contributed by atoms with van der Waals surface area (Å²) in [4.78, 5) is 0. The van der Waals surface area contributed by atoms with E-state index in [1.165, 1.54) is 72.1 Å². The average molecular weight is 725 g/mol. The number of rotatable bonds is 3. The highest BCUT2D eigenvalue weighted by Gasteiger charge is 2.53. The van der Waals surface area contributed by atoms with E-state index in [1.807, 2.05) is 6.07 Å². The quantitative estimate of drug-likeness (QED) is 0.181. The van der Waals surface area contributed by atoms with Crippen molar-refractivity contribution in [1.82, 2.24) is 0 Å². The van der Waals surface area contributed by atoms with Crippen LogP contribution in [0.5, 0.6) is 0 Å². The van der Waals surface area contributed by atoms with E-state index in [9.17, 15) is 0 Å². The molecule has 0 radical (unpaired) electrons. The van der Waals surface area contributed by atoms with Gasteiger partial charge in [-0.1, -0.05) is 140 Å². The number of hydrogen-bond acceptors (Lipinski definition) is 2. The highest BCUT2D eigenvalue weighted by molar-refractivity contribution is 6.16. The summed E-state index contributed by atoms with van der Waals surface area (Å²) in [5.74, 6) is 0. The molecular formula is C55H32O2. The normalized spacial score (nSPS) is 13.4. The van der Waals surface area contributed by atoms with Crippen LogP contribution < -0.4 is 0 Å². The van der Waals surface area contributed by atoms with Crippen molar-refractivity contribution in [3.8, 4) is 55.6 Å². The lowest BCUT2D eigenvalue weighted by atomic mass is 9.69. The Morgan fingerprint density at radius 3 is 1.56 bits per heavy atom. The molecule has 0 saturated carbocycles. The van der Waals surface area contributed by atoms with Crippen LogP contribution in [0.3, 0.4) is 0 Å². The summed E-state index contributed by atoms with van der Waals surface area (Å²) in [6.07, 6.45) is 0. The first-order valence-corrected chi connectivity index (χ1v) is 19.7. The second-order valence-corrected chi connectivity index (χ2v) is 15.5. The Balaban J connectivity index is 1.09. The highest BCUT2D eigenvalue weighted by Crippen LogP contribution is 2.65. The minimum Gasteiger partial charge on any atom is -0.456 e. The summed E-state index contributed by atoms with van der Waals surface area (Å²) in [6, 6.07) is 70.5. The zero-order valence-corrected chi connectivity index (χ0v) is 30.8. The molecule has 0 atom stereocenters. The molecule has 2 heterocycles. The van der Waals surface area contributed by atoms with Crippen molar-refractivity contribution < 1.29 is 8.83 Å². The van der Waals surface area contributed by atoms with Crippen LogP contribution in [-0.2, 0) is 5.41 Å². The summed E-state index contributed by atoms with van der Waals surface area (Å²) >= 11 is 0. The van der Waals surface area contributed by atoms with Gasteiger partial charge in [-0.2, -0.15) is 0 Å². The van der Waals surface area contributed by atoms with Gasteiger partial charge < -0.3 is 8.83 Å². The lowest BCUT2D eigenvalue weighted by Gasteiger charge is -2.31. The molecule has 0 N–H and O–H groups in total. The van der Waals surface area contributed by atoms with Gasteiger partial charge in [0.2, 0.25) is 0 Å². The number of fused-ring (bicyclic) bond motifs is 17. The molecule has 0 saturated heterocycles. The third kappa shape index (κ3) is 4.14. The molecule has 11 aromatic rings. The molecule has 2 nitrogen and oxygen atoms in total. The first-order chi connectivity index (χ1) is 28.2. The Morgan fingerprint density at radius 1 is 0.281 bits per heavy atom. The van der Waals surface area contributed by atoms with Gasteiger partial charge in [-0.05, 0) is 132 Å². The highest BCUT2D eigenvalue weighted by atomic mass is 16.3. The zero-order chi connectivity index (χ0) is 37.2. The number of furan rings is 2. The van der Waals surface area contributed by atoms with Gasteiger partial charge in [0.25, 0.3) is 0 Å². The van der Waals surface area contributed by atoms with Gasteiger partial charge in [0.05, 0.1) is 5.41 Å². The molecule has 264 valence electrons. The number of hydrogen-bond donors (Lipinski definition) is 0. The standard InChI is InChI=1S/C55H32O2/c1-3-13-33(14-4-1)36-27-37(34-15-5-2-6-16-34)29-38(28-36)35-23-24-43-51(30-35)57-50-26-25-42-44-31-45-41-19-9-12-22-49(41)56-52(45)32-48(44)55(54(42)53(43)50)46-20-10-7-17-39(46)40-18-8-11-21-47(40)55/h1-32H. The van der Waals surface area contributed by atoms with E-state index in [2.05, 4.69) is 188 Å². The number of para-hydroxylation sites is 1. The molecule has 2 aliphatic carbocycles. The van der Waals surface area contributed by atoms with Crippen LogP contribution in [0.25, 0.3) is 99.5 Å². The van der Waals surface area contributed by atoms with Gasteiger partial charge in [-0.3, -0.25) is 0 Å². The van der Waals surface area contributed by atoms with Crippen molar-refractivity contribution in [2.45, 2.75) is 5.41 Å². The predicted octanol–water partition coefficient (Wildman–Crippen LogP) is 14.8. The second-order valence-electron chi connectivity index (χ2n) is 15.5. The van der Waals surface area contributed by atoms with Gasteiger partial charge in [0.15, 0.2) is 0 Å². The van der Waals surface area contributed by atoms with Crippen molar-refractivity contribution in [2.75, 3.05) is 0 Å². The Hall–Kier alpha value is -7.42. The second kappa shape index (κ2) is 11.3. The van der Waals surface area contributed by atoms with Gasteiger partial charge in [-0.25, -0.2) is 0 Å². The molecule has 0 amide bonds. The summed E-state index contributed by atoms with van der Waals surface area (Å²) in [5, 5.41) is 4.57. The Labute approximate surface area is 328 Å². The molecule has 1 spiro atoms. The van der Waals surface area contributed by atoms with Crippen LogP contribution in [-0.4, -0.2) is 0 Å². The van der Waals surface area contributed by atoms with Crippen molar-refractivity contribution in [1.29, 1.82) is 0 Å². The van der Waals surface area contributed by atoms with E-state index in [0.717, 1.165) is 49.6 Å². The van der Waals surface area contributed by atoms with Gasteiger partial charge in [-0.15, -0.1) is 0 Å². The van der Waals surface area contributed by atoms with Crippen LogP contribution >= 0.6 is 0 Å². The molecule has 2 heteroatoms. The monoisotopic (exact) mass is 724 g/mol. The van der Waals surface area contributed by atoms with Crippen molar-refractivity contribution in [3.05, 3.63) is 216 Å². The van der Waals surface area contributed by atoms with E-state index in [0.29, 0.717) is 0 Å². The molecule has 9 aromatic carbocycles. The van der Waals surface area contributed by atoms with E-state index in [1.54, 1.807) is 0 Å². The fourth-order valence-electron chi connectivity index (χ4n) is 10.3. The molecule has 2 aromatic heterocycles. The van der Waals surface area contributed by atoms with Crippen LogP contribution in [0, 0.1) is 0 Å². The Morgan fingerprint density at radius 2 is 0.860 bits per heavy atom. The molecular weight excluding hydrogens is 693 g/mol. The van der Waals surface area contributed by atoms with Crippen LogP contribution in [0.2, 0.25) is 0 Å². The van der Waals surface area contributed by atoms with Crippen LogP contribution in [0.4, 0.5) is 0 Å². The van der Waals surface area contributed by atoms with E-state index in [-0.39, 0.29) is 0 Å². The summed E-state index contributed by atoms with van der Waals surface area (Å²) in [6.45, 7) is 0. The largest absolute Gasteiger partial charge is 0.456 e. The lowest BCUT2D eigenvalue weighted by Crippen LogP contribution is -2.26. The van der Waals surface area contributed by atoms with Gasteiger partial charge in [0, 0.05) is 21.5 Å². The lowest BCUT2D eigenvalue weighted by molar-refractivity contribution is 0.666. The Kier molecular flexibility index (Phi) is 6.13. The smallest absolute Gasteiger partial charge is 0.136 e. The van der Waals surface area contributed by atoms with E-state index in [4.69, 9.17) is 8.83 Å². The minimum absolute atomic E-state index is 0.561. The maximum absolute atomic E-state index is 6.95. The summed E-state index contributed by atoms with van der Waals surface area (Å²) < 4.78 is 13.6. The third-order valence-corrected chi connectivity index (χ3v) is 12.7. The average Bonchev–Trinajstić information content (AvgIpc) is 4.00. The van der Waals surface area contributed by atoms with E-state index >= 15 is 0 Å². The van der Waals surface area contributed by atoms with E-state index < -0.39 is 5.41 Å². The molecule has 13 rings (SSSR count). The Bertz CT molecular complexity index is 3350. The fraction of sp³-hybridized carbons (Fsp3) is 0.0182. The predicted molar refractivity (Wildman–Crippen MR) is 234 cm³/mol. The SMILES string of the molecule is c1ccc(-c2cc(-c3ccccc3)cc(-c3ccc4c(c3)oc3ccc5c(c34)C3(c4ccccc4-c4ccccc43)c3cc4oc6ccccc6c4cc3-5)c2)cc1. The van der Waals surface area contributed by atoms with Crippen molar-refractivity contribution >= 4 is 43.9 Å². The number of benzene rings is 9. The molecule has 57 heavy (non-hydrogen) atoms. The first kappa shape index (κ1) is 30.9. The zero-order valence-electron chi connectivity index (χ0n) is 30.8. The topological polar surface area (TPSA) is 26.3 Å². The molecule has 2 aliphatic rings. The van der Waals surface area contributed by atoms with Crippen molar-refractivity contribution in [2.24, 2.45) is 0 Å². The minimum atomic E-state index is -0.561. The fourth-order valence-corrected chi connectivity index (χ4v) is 10.3. The molecule has 0 fully saturated rings. The van der Waals surface area contributed by atoms with Crippen LogP contribution in [0.1, 0.15) is 22.3 Å². The maximum atomic E-state index is 6.95. The third-order valence-electron chi connectivity index (χ3n) is 12.7. The summed E-state index contributed by atoms with van der Waals surface area (Å²) in [5.41, 5.74) is 20.2. The molecule has 0 unspecified atom stereocenters. The van der Waals surface area contributed by atoms with Crippen LogP contribution in [0.15, 0.2) is 203 Å².